The average molecular weight is 169 g/mol. The van der Waals surface area contributed by atoms with Crippen molar-refractivity contribution in [2.45, 2.75) is 0 Å². The third-order valence-electron chi connectivity index (χ3n) is 1.82. The van der Waals surface area contributed by atoms with Crippen molar-refractivity contribution in [1.82, 2.24) is 4.98 Å². The van der Waals surface area contributed by atoms with Crippen LogP contribution in [0.4, 0.5) is 5.69 Å². The highest BCUT2D eigenvalue weighted by molar-refractivity contribution is 5.90. The molecule has 2 aromatic rings. The number of aromatic nitrogens is 1. The molecule has 3 heteroatoms. The smallest absolute Gasteiger partial charge is 0.181 e. The quantitative estimate of drug-likeness (QED) is 0.525. The summed E-state index contributed by atoms with van der Waals surface area (Å²) in [7, 11) is 0. The maximum absolute atomic E-state index is 8.49. The van der Waals surface area contributed by atoms with Crippen molar-refractivity contribution in [3.8, 4) is 6.19 Å². The summed E-state index contributed by atoms with van der Waals surface area (Å²) in [5.41, 5.74) is 1.58. The molecule has 1 aromatic heterocycles. The molecule has 0 bridgehead atoms. The molecule has 0 unspecified atom stereocenters. The fourth-order valence-electron chi connectivity index (χ4n) is 1.27. The number of nitrogens with one attached hydrogen (secondary N) is 1. The summed E-state index contributed by atoms with van der Waals surface area (Å²) in [4.78, 5) is 4.19. The first-order valence-corrected chi connectivity index (χ1v) is 3.90. The molecule has 0 aliphatic rings. The third-order valence-corrected chi connectivity index (χ3v) is 1.82. The van der Waals surface area contributed by atoms with Crippen molar-refractivity contribution < 1.29 is 0 Å². The Balaban J connectivity index is 2.70. The van der Waals surface area contributed by atoms with E-state index in [1.807, 2.05) is 36.5 Å². The molecule has 3 nitrogen and oxygen atoms in total. The number of hydrogen-bond acceptors (Lipinski definition) is 3. The summed E-state index contributed by atoms with van der Waals surface area (Å²) in [6.45, 7) is 0. The van der Waals surface area contributed by atoms with Crippen LogP contribution in [0.3, 0.4) is 0 Å². The lowest BCUT2D eigenvalue weighted by Crippen LogP contribution is -1.89. The Hall–Kier alpha value is -2.08. The summed E-state index contributed by atoms with van der Waals surface area (Å²) in [6, 6.07) is 9.52. The maximum atomic E-state index is 8.49. The van der Waals surface area contributed by atoms with Crippen molar-refractivity contribution >= 4 is 16.6 Å². The van der Waals surface area contributed by atoms with Crippen molar-refractivity contribution in [2.24, 2.45) is 0 Å². The standard InChI is InChI=1S/C10H7N3/c11-7-13-9-5-1-3-8-4-2-6-12-10(8)9/h1-6,13H. The second-order valence-corrected chi connectivity index (χ2v) is 2.62. The molecule has 13 heavy (non-hydrogen) atoms. The topological polar surface area (TPSA) is 48.7 Å². The molecular formula is C10H7N3. The third kappa shape index (κ3) is 1.30. The Kier molecular flexibility index (Phi) is 1.81. The van der Waals surface area contributed by atoms with Gasteiger partial charge in [-0.25, -0.2) is 0 Å². The van der Waals surface area contributed by atoms with Crippen LogP contribution in [0.2, 0.25) is 0 Å². The molecule has 0 saturated heterocycles. The highest BCUT2D eigenvalue weighted by atomic mass is 14.9. The molecule has 0 saturated carbocycles. The number of fused-ring (bicyclic) bond motifs is 1. The SMILES string of the molecule is N#CNc1cccc2cccnc12. The second kappa shape index (κ2) is 3.11. The van der Waals surface area contributed by atoms with Gasteiger partial charge in [0, 0.05) is 11.6 Å². The minimum atomic E-state index is 0.751. The van der Waals surface area contributed by atoms with Gasteiger partial charge in [0.15, 0.2) is 6.19 Å². The minimum absolute atomic E-state index is 0.751. The van der Waals surface area contributed by atoms with E-state index in [-0.39, 0.29) is 0 Å². The highest BCUT2D eigenvalue weighted by Gasteiger charge is 1.98. The van der Waals surface area contributed by atoms with Gasteiger partial charge in [0.1, 0.15) is 0 Å². The number of nitrogens with zero attached hydrogens (tertiary/aromatic N) is 2. The van der Waals surface area contributed by atoms with Gasteiger partial charge in [0.05, 0.1) is 11.2 Å². The molecule has 0 aliphatic carbocycles. The number of hydrogen-bond donors (Lipinski definition) is 1. The summed E-state index contributed by atoms with van der Waals surface area (Å²) in [5, 5.41) is 12.1. The van der Waals surface area contributed by atoms with Crippen LogP contribution in [-0.4, -0.2) is 4.98 Å². The Bertz CT molecular complexity index is 466. The first-order chi connectivity index (χ1) is 6.42. The zero-order chi connectivity index (χ0) is 9.10. The predicted octanol–water partition coefficient (Wildman–Crippen LogP) is 2.13. The molecule has 1 aromatic carbocycles. The van der Waals surface area contributed by atoms with Crippen LogP contribution in [0.15, 0.2) is 36.5 Å². The van der Waals surface area contributed by atoms with Crippen LogP contribution in [0.5, 0.6) is 0 Å². The number of anilines is 1. The maximum Gasteiger partial charge on any atom is 0.181 e. The summed E-state index contributed by atoms with van der Waals surface area (Å²) in [5.74, 6) is 0. The molecular weight excluding hydrogens is 162 g/mol. The number of pyridine rings is 1. The molecule has 0 amide bonds. The van der Waals surface area contributed by atoms with Crippen LogP contribution in [0.25, 0.3) is 10.9 Å². The van der Waals surface area contributed by atoms with Crippen molar-refractivity contribution in [2.75, 3.05) is 5.32 Å². The Morgan fingerprint density at radius 2 is 2.08 bits per heavy atom. The lowest BCUT2D eigenvalue weighted by atomic mass is 10.2. The monoisotopic (exact) mass is 169 g/mol. The molecule has 0 radical (unpaired) electrons. The van der Waals surface area contributed by atoms with Gasteiger partial charge in [-0.1, -0.05) is 18.2 Å². The van der Waals surface area contributed by atoms with E-state index >= 15 is 0 Å². The Labute approximate surface area is 75.6 Å². The number of rotatable bonds is 1. The minimum Gasteiger partial charge on any atom is -0.291 e. The molecule has 1 N–H and O–H groups in total. The highest BCUT2D eigenvalue weighted by Crippen LogP contribution is 2.19. The van der Waals surface area contributed by atoms with Gasteiger partial charge < -0.3 is 0 Å². The lowest BCUT2D eigenvalue weighted by molar-refractivity contribution is 1.40. The van der Waals surface area contributed by atoms with E-state index in [1.54, 1.807) is 6.20 Å². The van der Waals surface area contributed by atoms with Gasteiger partial charge in [-0.3, -0.25) is 10.3 Å². The molecule has 0 fully saturated rings. The largest absolute Gasteiger partial charge is 0.291 e. The van der Waals surface area contributed by atoms with Crippen LogP contribution in [0.1, 0.15) is 0 Å². The normalized spacial score (nSPS) is 9.46. The number of para-hydroxylation sites is 1. The van der Waals surface area contributed by atoms with Crippen LogP contribution < -0.4 is 5.32 Å². The number of benzene rings is 1. The summed E-state index contributed by atoms with van der Waals surface area (Å²) in [6.07, 6.45) is 3.60. The van der Waals surface area contributed by atoms with Gasteiger partial charge in [-0.05, 0) is 12.1 Å². The lowest BCUT2D eigenvalue weighted by Gasteiger charge is -2.01. The van der Waals surface area contributed by atoms with E-state index in [2.05, 4.69) is 10.3 Å². The van der Waals surface area contributed by atoms with Crippen LogP contribution in [0, 0.1) is 11.5 Å². The fraction of sp³-hybridized carbons (Fsp3) is 0. The predicted molar refractivity (Wildman–Crippen MR) is 51.0 cm³/mol. The molecule has 0 spiro atoms. The number of nitriles is 1. The second-order valence-electron chi connectivity index (χ2n) is 2.62. The van der Waals surface area contributed by atoms with E-state index in [9.17, 15) is 0 Å². The van der Waals surface area contributed by atoms with Crippen LogP contribution >= 0.6 is 0 Å². The summed E-state index contributed by atoms with van der Waals surface area (Å²) >= 11 is 0. The molecule has 2 rings (SSSR count). The van der Waals surface area contributed by atoms with E-state index in [4.69, 9.17) is 5.26 Å². The first-order valence-electron chi connectivity index (χ1n) is 3.90. The van der Waals surface area contributed by atoms with Crippen molar-refractivity contribution in [3.05, 3.63) is 36.5 Å². The average Bonchev–Trinajstić information content (AvgIpc) is 2.19. The van der Waals surface area contributed by atoms with Gasteiger partial charge in [0.25, 0.3) is 0 Å². The molecule has 1 heterocycles. The van der Waals surface area contributed by atoms with Crippen LogP contribution in [-0.2, 0) is 0 Å². The van der Waals surface area contributed by atoms with E-state index in [0.717, 1.165) is 16.6 Å². The Morgan fingerprint density at radius 3 is 2.92 bits per heavy atom. The van der Waals surface area contributed by atoms with Gasteiger partial charge in [-0.2, -0.15) is 5.26 Å². The van der Waals surface area contributed by atoms with Crippen molar-refractivity contribution in [1.29, 1.82) is 5.26 Å². The molecule has 0 atom stereocenters. The zero-order valence-corrected chi connectivity index (χ0v) is 6.86. The van der Waals surface area contributed by atoms with Gasteiger partial charge >= 0.3 is 0 Å². The molecule has 0 aliphatic heterocycles. The van der Waals surface area contributed by atoms with Gasteiger partial charge in [0.2, 0.25) is 0 Å². The first kappa shape index (κ1) is 7.56. The van der Waals surface area contributed by atoms with Crippen molar-refractivity contribution in [3.63, 3.8) is 0 Å². The van der Waals surface area contributed by atoms with E-state index in [0.29, 0.717) is 0 Å². The zero-order valence-electron chi connectivity index (χ0n) is 6.86. The summed E-state index contributed by atoms with van der Waals surface area (Å²) < 4.78 is 0. The van der Waals surface area contributed by atoms with E-state index in [1.165, 1.54) is 0 Å². The van der Waals surface area contributed by atoms with Gasteiger partial charge in [-0.15, -0.1) is 0 Å². The van der Waals surface area contributed by atoms with E-state index < -0.39 is 0 Å². The molecule has 62 valence electrons. The fourth-order valence-corrected chi connectivity index (χ4v) is 1.27. The Morgan fingerprint density at radius 1 is 1.23 bits per heavy atom.